The summed E-state index contributed by atoms with van der Waals surface area (Å²) in [5.74, 6) is 0.630. The molecule has 2 N–H and O–H groups in total. The predicted molar refractivity (Wildman–Crippen MR) is 124 cm³/mol. The number of phenolic OH excluding ortho intramolecular Hbond substituents is 1. The highest BCUT2D eigenvalue weighted by Crippen LogP contribution is 2.27. The van der Waals surface area contributed by atoms with Crippen LogP contribution >= 0.6 is 11.8 Å². The lowest BCUT2D eigenvalue weighted by Crippen LogP contribution is -2.20. The van der Waals surface area contributed by atoms with Gasteiger partial charge in [-0.3, -0.25) is 14.3 Å². The van der Waals surface area contributed by atoms with Gasteiger partial charge in [-0.25, -0.2) is 5.43 Å². The summed E-state index contributed by atoms with van der Waals surface area (Å²) >= 11 is 1.27. The molecule has 0 bridgehead atoms. The van der Waals surface area contributed by atoms with E-state index in [2.05, 4.69) is 25.7 Å². The van der Waals surface area contributed by atoms with Crippen LogP contribution in [-0.4, -0.2) is 42.7 Å². The monoisotopic (exact) mass is 444 g/mol. The van der Waals surface area contributed by atoms with Crippen LogP contribution in [0.2, 0.25) is 0 Å². The van der Waals surface area contributed by atoms with E-state index >= 15 is 0 Å². The molecule has 0 aliphatic rings. The Bertz CT molecular complexity index is 1240. The van der Waals surface area contributed by atoms with E-state index in [9.17, 15) is 9.90 Å². The minimum absolute atomic E-state index is 0.109. The SMILES string of the molecule is Cc1ccc(-n2c(SCC(=O)N/N=C/c3cccc(O)c3)nnc2-c2ccncc2)cc1. The van der Waals surface area contributed by atoms with Crippen molar-refractivity contribution in [2.45, 2.75) is 12.1 Å². The molecule has 2 aromatic heterocycles. The van der Waals surface area contributed by atoms with Crippen LogP contribution in [0.15, 0.2) is 83.3 Å². The number of hydrazone groups is 1. The zero-order valence-corrected chi connectivity index (χ0v) is 18.0. The van der Waals surface area contributed by atoms with Crippen LogP contribution < -0.4 is 5.43 Å². The fourth-order valence-corrected chi connectivity index (χ4v) is 3.67. The lowest BCUT2D eigenvalue weighted by Gasteiger charge is -2.10. The van der Waals surface area contributed by atoms with E-state index in [1.807, 2.05) is 47.9 Å². The second kappa shape index (κ2) is 9.88. The van der Waals surface area contributed by atoms with Crippen LogP contribution in [0.25, 0.3) is 17.1 Å². The van der Waals surface area contributed by atoms with Crippen molar-refractivity contribution in [3.63, 3.8) is 0 Å². The van der Waals surface area contributed by atoms with Crippen molar-refractivity contribution >= 4 is 23.9 Å². The highest BCUT2D eigenvalue weighted by molar-refractivity contribution is 7.99. The maximum atomic E-state index is 12.3. The molecule has 0 saturated carbocycles. The number of carbonyl (C=O) groups excluding carboxylic acids is 1. The number of pyridine rings is 1. The molecule has 0 radical (unpaired) electrons. The van der Waals surface area contributed by atoms with Crippen molar-refractivity contribution in [1.82, 2.24) is 25.2 Å². The molecule has 4 rings (SSSR count). The molecule has 2 aromatic carbocycles. The Labute approximate surface area is 189 Å². The van der Waals surface area contributed by atoms with Gasteiger partial charge < -0.3 is 5.11 Å². The molecule has 2 heterocycles. The summed E-state index contributed by atoms with van der Waals surface area (Å²) in [6.45, 7) is 2.02. The summed E-state index contributed by atoms with van der Waals surface area (Å²) in [6.07, 6.45) is 4.88. The zero-order chi connectivity index (χ0) is 22.3. The molecule has 32 heavy (non-hydrogen) atoms. The first kappa shape index (κ1) is 21.3. The third kappa shape index (κ3) is 5.19. The summed E-state index contributed by atoms with van der Waals surface area (Å²) < 4.78 is 1.92. The zero-order valence-electron chi connectivity index (χ0n) is 17.2. The van der Waals surface area contributed by atoms with Crippen LogP contribution in [-0.2, 0) is 4.79 Å². The number of phenols is 1. The van der Waals surface area contributed by atoms with Gasteiger partial charge in [-0.05, 0) is 48.9 Å². The van der Waals surface area contributed by atoms with Gasteiger partial charge >= 0.3 is 0 Å². The van der Waals surface area contributed by atoms with Crippen LogP contribution in [0.5, 0.6) is 5.75 Å². The topological polar surface area (TPSA) is 105 Å². The first-order valence-electron chi connectivity index (χ1n) is 9.77. The van der Waals surface area contributed by atoms with E-state index in [0.717, 1.165) is 16.8 Å². The number of thioether (sulfide) groups is 1. The Morgan fingerprint density at radius 3 is 2.66 bits per heavy atom. The number of rotatable bonds is 7. The Kier molecular flexibility index (Phi) is 6.57. The molecular weight excluding hydrogens is 424 g/mol. The number of aromatic nitrogens is 4. The highest BCUT2D eigenvalue weighted by atomic mass is 32.2. The van der Waals surface area contributed by atoms with E-state index in [-0.39, 0.29) is 17.4 Å². The smallest absolute Gasteiger partial charge is 0.250 e. The summed E-state index contributed by atoms with van der Waals surface area (Å²) in [7, 11) is 0. The minimum Gasteiger partial charge on any atom is -0.508 e. The Hall–Kier alpha value is -3.98. The molecular formula is C23H20N6O2S. The fourth-order valence-electron chi connectivity index (χ4n) is 2.92. The first-order valence-corrected chi connectivity index (χ1v) is 10.8. The van der Waals surface area contributed by atoms with Crippen LogP contribution in [0.1, 0.15) is 11.1 Å². The van der Waals surface area contributed by atoms with Gasteiger partial charge in [-0.15, -0.1) is 10.2 Å². The predicted octanol–water partition coefficient (Wildman–Crippen LogP) is 3.59. The molecule has 0 saturated heterocycles. The highest BCUT2D eigenvalue weighted by Gasteiger charge is 2.17. The minimum atomic E-state index is -0.282. The van der Waals surface area contributed by atoms with Crippen molar-refractivity contribution in [3.05, 3.63) is 84.2 Å². The van der Waals surface area contributed by atoms with Gasteiger partial charge in [0.2, 0.25) is 0 Å². The largest absolute Gasteiger partial charge is 0.508 e. The van der Waals surface area contributed by atoms with Gasteiger partial charge in [0.25, 0.3) is 5.91 Å². The fraction of sp³-hybridized carbons (Fsp3) is 0.0870. The van der Waals surface area contributed by atoms with Gasteiger partial charge in [0, 0.05) is 23.6 Å². The summed E-state index contributed by atoms with van der Waals surface area (Å²) in [5, 5.41) is 22.7. The second-order valence-electron chi connectivity index (χ2n) is 6.89. The number of aromatic hydroxyl groups is 1. The van der Waals surface area contributed by atoms with Gasteiger partial charge in [-0.2, -0.15) is 5.10 Å². The number of aryl methyl sites for hydroxylation is 1. The Morgan fingerprint density at radius 2 is 1.91 bits per heavy atom. The normalized spacial score (nSPS) is 11.0. The number of carbonyl (C=O) groups is 1. The van der Waals surface area contributed by atoms with E-state index in [1.165, 1.54) is 18.0 Å². The van der Waals surface area contributed by atoms with Crippen LogP contribution in [0, 0.1) is 6.92 Å². The maximum Gasteiger partial charge on any atom is 0.250 e. The van der Waals surface area contributed by atoms with Crippen molar-refractivity contribution in [2.24, 2.45) is 5.10 Å². The number of amides is 1. The molecule has 0 unspecified atom stereocenters. The number of benzene rings is 2. The number of hydrogen-bond acceptors (Lipinski definition) is 7. The van der Waals surface area contributed by atoms with Gasteiger partial charge in [-0.1, -0.05) is 41.6 Å². The molecule has 0 atom stereocenters. The average Bonchev–Trinajstić information content (AvgIpc) is 3.23. The van der Waals surface area contributed by atoms with Gasteiger partial charge in [0.1, 0.15) is 5.75 Å². The molecule has 0 aliphatic heterocycles. The van der Waals surface area contributed by atoms with E-state index in [0.29, 0.717) is 16.5 Å². The third-order valence-electron chi connectivity index (χ3n) is 4.47. The number of nitrogens with zero attached hydrogens (tertiary/aromatic N) is 5. The molecule has 0 fully saturated rings. The quantitative estimate of drug-likeness (QED) is 0.256. The molecule has 8 nitrogen and oxygen atoms in total. The number of nitrogens with one attached hydrogen (secondary N) is 1. The van der Waals surface area contributed by atoms with Crippen LogP contribution in [0.3, 0.4) is 0 Å². The summed E-state index contributed by atoms with van der Waals surface area (Å²) in [4.78, 5) is 16.3. The third-order valence-corrected chi connectivity index (χ3v) is 5.40. The van der Waals surface area contributed by atoms with Crippen molar-refractivity contribution < 1.29 is 9.90 Å². The standard InChI is InChI=1S/C23H20N6O2S/c1-16-5-7-19(8-6-16)29-22(18-9-11-24-12-10-18)27-28-23(29)32-15-21(31)26-25-14-17-3-2-4-20(30)13-17/h2-14,30H,15H2,1H3,(H,26,31)/b25-14+. The Morgan fingerprint density at radius 1 is 1.12 bits per heavy atom. The van der Waals surface area contributed by atoms with Crippen molar-refractivity contribution in [1.29, 1.82) is 0 Å². The molecule has 1 amide bonds. The van der Waals surface area contributed by atoms with Crippen LogP contribution in [0.4, 0.5) is 0 Å². The van der Waals surface area contributed by atoms with E-state index in [4.69, 9.17) is 0 Å². The Balaban J connectivity index is 1.50. The second-order valence-corrected chi connectivity index (χ2v) is 7.83. The average molecular weight is 445 g/mol. The van der Waals surface area contributed by atoms with Crippen molar-refractivity contribution in [2.75, 3.05) is 5.75 Å². The van der Waals surface area contributed by atoms with E-state index < -0.39 is 0 Å². The van der Waals surface area contributed by atoms with Crippen molar-refractivity contribution in [3.8, 4) is 22.8 Å². The van der Waals surface area contributed by atoms with Gasteiger partial charge in [0.05, 0.1) is 12.0 Å². The lowest BCUT2D eigenvalue weighted by molar-refractivity contribution is -0.118. The molecule has 9 heteroatoms. The summed E-state index contributed by atoms with van der Waals surface area (Å²) in [6, 6.07) is 18.3. The molecule has 4 aromatic rings. The molecule has 160 valence electrons. The van der Waals surface area contributed by atoms with Gasteiger partial charge in [0.15, 0.2) is 11.0 Å². The lowest BCUT2D eigenvalue weighted by atomic mass is 10.2. The first-order chi connectivity index (χ1) is 15.6. The summed E-state index contributed by atoms with van der Waals surface area (Å²) in [5.41, 5.74) is 6.09. The maximum absolute atomic E-state index is 12.3. The number of hydrogen-bond donors (Lipinski definition) is 2. The molecule has 0 aliphatic carbocycles. The van der Waals surface area contributed by atoms with E-state index in [1.54, 1.807) is 36.7 Å². The molecule has 0 spiro atoms.